The summed E-state index contributed by atoms with van der Waals surface area (Å²) in [6.07, 6.45) is 1.63. The molecule has 1 aliphatic rings. The number of hydrogen-bond donors (Lipinski definition) is 2. The van der Waals surface area contributed by atoms with Gasteiger partial charge in [-0.25, -0.2) is 9.98 Å². The molecule has 0 bridgehead atoms. The van der Waals surface area contributed by atoms with Crippen molar-refractivity contribution in [2.45, 2.75) is 45.3 Å². The lowest BCUT2D eigenvalue weighted by Gasteiger charge is -2.42. The summed E-state index contributed by atoms with van der Waals surface area (Å²) in [4.78, 5) is 8.34. The van der Waals surface area contributed by atoms with E-state index in [9.17, 15) is 13.2 Å². The minimum absolute atomic E-state index is 0.0593. The van der Waals surface area contributed by atoms with E-state index in [0.29, 0.717) is 19.0 Å². The van der Waals surface area contributed by atoms with Gasteiger partial charge in [-0.3, -0.25) is 0 Å². The molecule has 0 aliphatic heterocycles. The number of halogens is 3. The molecule has 0 atom stereocenters. The number of nitrogens with zero attached hydrogens (tertiary/aromatic N) is 2. The first kappa shape index (κ1) is 22.3. The Labute approximate surface area is 163 Å². The predicted octanol–water partition coefficient (Wildman–Crippen LogP) is 3.28. The van der Waals surface area contributed by atoms with E-state index in [4.69, 9.17) is 4.74 Å². The zero-order chi connectivity index (χ0) is 20.5. The first-order valence-electron chi connectivity index (χ1n) is 9.51. The van der Waals surface area contributed by atoms with Gasteiger partial charge in [0.25, 0.3) is 0 Å². The molecule has 0 radical (unpaired) electrons. The van der Waals surface area contributed by atoms with E-state index in [2.05, 4.69) is 25.3 Å². The summed E-state index contributed by atoms with van der Waals surface area (Å²) in [5, 5.41) is 6.59. The maximum absolute atomic E-state index is 12.3. The van der Waals surface area contributed by atoms with Gasteiger partial charge in [0, 0.05) is 39.1 Å². The summed E-state index contributed by atoms with van der Waals surface area (Å²) >= 11 is 0. The second kappa shape index (κ2) is 10.5. The highest BCUT2D eigenvalue weighted by molar-refractivity contribution is 5.79. The van der Waals surface area contributed by atoms with Crippen molar-refractivity contribution in [1.82, 2.24) is 15.6 Å². The van der Waals surface area contributed by atoms with Gasteiger partial charge >= 0.3 is 6.18 Å². The molecule has 2 rings (SSSR count). The molecule has 0 amide bonds. The largest absolute Gasteiger partial charge is 0.468 e. The molecule has 1 aromatic heterocycles. The Kier molecular flexibility index (Phi) is 8.35. The molecule has 0 aromatic carbocycles. The Morgan fingerprint density at radius 1 is 1.32 bits per heavy atom. The van der Waals surface area contributed by atoms with Crippen molar-refractivity contribution in [3.63, 3.8) is 0 Å². The number of aromatic nitrogens is 1. The van der Waals surface area contributed by atoms with Crippen molar-refractivity contribution >= 4 is 5.96 Å². The molecule has 1 fully saturated rings. The van der Waals surface area contributed by atoms with E-state index >= 15 is 0 Å². The van der Waals surface area contributed by atoms with E-state index in [1.807, 2.05) is 6.92 Å². The zero-order valence-electron chi connectivity index (χ0n) is 16.4. The zero-order valence-corrected chi connectivity index (χ0v) is 16.4. The molecule has 1 heterocycles. The molecule has 9 heteroatoms. The Morgan fingerprint density at radius 3 is 2.71 bits per heavy atom. The SMILES string of the molecule is CCNC(=NCc1ccnc(OCC(F)(F)F)c1)NCC1(CCOC)CCC1. The monoisotopic (exact) mass is 402 g/mol. The number of hydrogen-bond acceptors (Lipinski definition) is 4. The van der Waals surface area contributed by atoms with Crippen LogP contribution in [0.1, 0.15) is 38.2 Å². The number of aliphatic imine (C=N–C) groups is 1. The topological polar surface area (TPSA) is 67.8 Å². The van der Waals surface area contributed by atoms with Gasteiger partial charge in [0.2, 0.25) is 5.88 Å². The highest BCUT2D eigenvalue weighted by Gasteiger charge is 2.36. The number of rotatable bonds is 10. The van der Waals surface area contributed by atoms with Crippen LogP contribution in [0.15, 0.2) is 23.3 Å². The van der Waals surface area contributed by atoms with Crippen molar-refractivity contribution in [2.75, 3.05) is 33.4 Å². The Balaban J connectivity index is 1.92. The molecular weight excluding hydrogens is 373 g/mol. The normalized spacial score (nSPS) is 16.4. The van der Waals surface area contributed by atoms with E-state index < -0.39 is 12.8 Å². The fourth-order valence-corrected chi connectivity index (χ4v) is 3.08. The van der Waals surface area contributed by atoms with Gasteiger partial charge in [-0.05, 0) is 43.2 Å². The summed E-state index contributed by atoms with van der Waals surface area (Å²) in [5.74, 6) is 0.622. The van der Waals surface area contributed by atoms with Gasteiger partial charge in [0.1, 0.15) is 0 Å². The summed E-state index contributed by atoms with van der Waals surface area (Å²) in [6.45, 7) is 3.21. The molecule has 1 saturated carbocycles. The van der Waals surface area contributed by atoms with Crippen LogP contribution in [-0.2, 0) is 11.3 Å². The van der Waals surface area contributed by atoms with Gasteiger partial charge in [-0.15, -0.1) is 0 Å². The van der Waals surface area contributed by atoms with E-state index in [0.717, 1.165) is 25.1 Å². The van der Waals surface area contributed by atoms with Gasteiger partial charge in [0.15, 0.2) is 12.6 Å². The third kappa shape index (κ3) is 7.53. The van der Waals surface area contributed by atoms with Crippen LogP contribution < -0.4 is 15.4 Å². The van der Waals surface area contributed by atoms with E-state index in [1.54, 1.807) is 13.2 Å². The Morgan fingerprint density at radius 2 is 2.11 bits per heavy atom. The molecule has 28 heavy (non-hydrogen) atoms. The van der Waals surface area contributed by atoms with Crippen molar-refractivity contribution in [1.29, 1.82) is 0 Å². The fraction of sp³-hybridized carbons (Fsp3) is 0.684. The first-order valence-corrected chi connectivity index (χ1v) is 9.51. The van der Waals surface area contributed by atoms with Crippen LogP contribution in [0, 0.1) is 5.41 Å². The van der Waals surface area contributed by atoms with E-state index in [1.165, 1.54) is 31.5 Å². The van der Waals surface area contributed by atoms with Crippen LogP contribution in [0.5, 0.6) is 5.88 Å². The third-order valence-corrected chi connectivity index (χ3v) is 4.83. The molecule has 158 valence electrons. The van der Waals surface area contributed by atoms with E-state index in [-0.39, 0.29) is 11.3 Å². The minimum Gasteiger partial charge on any atom is -0.468 e. The van der Waals surface area contributed by atoms with Gasteiger partial charge in [-0.1, -0.05) is 6.42 Å². The van der Waals surface area contributed by atoms with Crippen LogP contribution in [0.3, 0.4) is 0 Å². The quantitative estimate of drug-likeness (QED) is 0.464. The second-order valence-corrected chi connectivity index (χ2v) is 7.05. The maximum Gasteiger partial charge on any atom is 0.422 e. The molecular formula is C19H29F3N4O2. The number of guanidine groups is 1. The second-order valence-electron chi connectivity index (χ2n) is 7.05. The van der Waals surface area contributed by atoms with Crippen LogP contribution in [0.25, 0.3) is 0 Å². The lowest BCUT2D eigenvalue weighted by Crippen LogP contribution is -2.46. The average Bonchev–Trinajstić information content (AvgIpc) is 2.63. The lowest BCUT2D eigenvalue weighted by atomic mass is 9.67. The summed E-state index contributed by atoms with van der Waals surface area (Å²) in [7, 11) is 1.72. The Hall–Kier alpha value is -2.03. The van der Waals surface area contributed by atoms with Gasteiger partial charge in [0.05, 0.1) is 6.54 Å². The molecule has 0 saturated heterocycles. The molecule has 0 spiro atoms. The van der Waals surface area contributed by atoms with Gasteiger partial charge in [-0.2, -0.15) is 13.2 Å². The van der Waals surface area contributed by atoms with Crippen LogP contribution in [-0.4, -0.2) is 50.5 Å². The summed E-state index contributed by atoms with van der Waals surface area (Å²) in [5.41, 5.74) is 0.976. The van der Waals surface area contributed by atoms with Crippen molar-refractivity contribution in [2.24, 2.45) is 10.4 Å². The average molecular weight is 402 g/mol. The first-order chi connectivity index (χ1) is 13.4. The number of methoxy groups -OCH3 is 1. The highest BCUT2D eigenvalue weighted by atomic mass is 19.4. The Bertz CT molecular complexity index is 634. The molecule has 1 aliphatic carbocycles. The summed E-state index contributed by atoms with van der Waals surface area (Å²) in [6, 6.07) is 3.18. The minimum atomic E-state index is -4.39. The predicted molar refractivity (Wildman–Crippen MR) is 101 cm³/mol. The van der Waals surface area contributed by atoms with Crippen LogP contribution in [0.2, 0.25) is 0 Å². The van der Waals surface area contributed by atoms with Crippen molar-refractivity contribution in [3.8, 4) is 5.88 Å². The standard InChI is InChI=1S/C19H29F3N4O2/c1-3-23-17(26-13-18(6-4-7-18)8-10-27-2)25-12-15-5-9-24-16(11-15)28-14-19(20,21)22/h5,9,11H,3-4,6-8,10,12-14H2,1-2H3,(H2,23,25,26). The van der Waals surface area contributed by atoms with Gasteiger partial charge < -0.3 is 20.1 Å². The molecule has 6 nitrogen and oxygen atoms in total. The van der Waals surface area contributed by atoms with Crippen molar-refractivity contribution < 1.29 is 22.6 Å². The highest BCUT2D eigenvalue weighted by Crippen LogP contribution is 2.43. The smallest absolute Gasteiger partial charge is 0.422 e. The third-order valence-electron chi connectivity index (χ3n) is 4.83. The van der Waals surface area contributed by atoms with Crippen LogP contribution in [0.4, 0.5) is 13.2 Å². The molecule has 1 aromatic rings. The maximum atomic E-state index is 12.3. The number of alkyl halides is 3. The number of ether oxygens (including phenoxy) is 2. The fourth-order valence-electron chi connectivity index (χ4n) is 3.08. The number of pyridine rings is 1. The number of nitrogens with one attached hydrogen (secondary N) is 2. The van der Waals surface area contributed by atoms with Crippen molar-refractivity contribution in [3.05, 3.63) is 23.9 Å². The molecule has 2 N–H and O–H groups in total. The van der Waals surface area contributed by atoms with Crippen LogP contribution >= 0.6 is 0 Å². The summed E-state index contributed by atoms with van der Waals surface area (Å²) < 4.78 is 46.7. The lowest BCUT2D eigenvalue weighted by molar-refractivity contribution is -0.154. The molecule has 0 unspecified atom stereocenters.